The van der Waals surface area contributed by atoms with Crippen LogP contribution in [-0.2, 0) is 4.74 Å². The number of rotatable bonds is 18. The third kappa shape index (κ3) is 21.4. The van der Waals surface area contributed by atoms with E-state index in [1.165, 1.54) is 89.9 Å². The third-order valence-electron chi connectivity index (χ3n) is 4.30. The van der Waals surface area contributed by atoms with Gasteiger partial charge in [-0.15, -0.1) is 0 Å². The van der Waals surface area contributed by atoms with Crippen molar-refractivity contribution in [3.63, 3.8) is 0 Å². The van der Waals surface area contributed by atoms with Crippen LogP contribution in [0.5, 0.6) is 0 Å². The van der Waals surface area contributed by atoms with Gasteiger partial charge in [0.2, 0.25) is 0 Å². The minimum atomic E-state index is 0.753. The standard InChI is InChI=1S/C22H42O/c1-3-5-7-9-10-11-12-13-14-15-16-17-18-20-22-23-21-19-8-6-4-2/h4,6,8,19H,3,5,7,9-18,20-22H2,1-2H3. The molecule has 0 rings (SSSR count). The molecule has 0 aromatic heterocycles. The SMILES string of the molecule is CC=CC=CCOCCCCCCCCCCCCCCCC. The zero-order valence-corrected chi connectivity index (χ0v) is 16.0. The summed E-state index contributed by atoms with van der Waals surface area (Å²) in [6, 6.07) is 0. The van der Waals surface area contributed by atoms with Crippen molar-refractivity contribution in [2.24, 2.45) is 0 Å². The van der Waals surface area contributed by atoms with Crippen molar-refractivity contribution in [3.8, 4) is 0 Å². The van der Waals surface area contributed by atoms with E-state index in [-0.39, 0.29) is 0 Å². The fraction of sp³-hybridized carbons (Fsp3) is 0.818. The van der Waals surface area contributed by atoms with Crippen LogP contribution < -0.4 is 0 Å². The molecule has 0 aromatic carbocycles. The van der Waals surface area contributed by atoms with Gasteiger partial charge in [0, 0.05) is 6.61 Å². The maximum atomic E-state index is 5.57. The van der Waals surface area contributed by atoms with Gasteiger partial charge in [-0.3, -0.25) is 0 Å². The summed E-state index contributed by atoms with van der Waals surface area (Å²) in [6.45, 7) is 5.98. The number of unbranched alkanes of at least 4 members (excludes halogenated alkanes) is 13. The van der Waals surface area contributed by atoms with Gasteiger partial charge in [-0.1, -0.05) is 115 Å². The van der Waals surface area contributed by atoms with E-state index in [0.29, 0.717) is 0 Å². The lowest BCUT2D eigenvalue weighted by molar-refractivity contribution is 0.157. The molecule has 0 aliphatic carbocycles. The molecule has 1 nitrogen and oxygen atoms in total. The van der Waals surface area contributed by atoms with Crippen molar-refractivity contribution in [1.29, 1.82) is 0 Å². The minimum absolute atomic E-state index is 0.753. The first-order valence-corrected chi connectivity index (χ1v) is 10.3. The van der Waals surface area contributed by atoms with E-state index >= 15 is 0 Å². The van der Waals surface area contributed by atoms with E-state index in [9.17, 15) is 0 Å². The fourth-order valence-electron chi connectivity index (χ4n) is 2.80. The predicted molar refractivity (Wildman–Crippen MR) is 105 cm³/mol. The number of ether oxygens (including phenoxy) is 1. The van der Waals surface area contributed by atoms with Gasteiger partial charge in [-0.25, -0.2) is 0 Å². The van der Waals surface area contributed by atoms with Crippen molar-refractivity contribution < 1.29 is 4.74 Å². The summed E-state index contributed by atoms with van der Waals surface area (Å²) in [5, 5.41) is 0. The van der Waals surface area contributed by atoms with Crippen molar-refractivity contribution in [2.75, 3.05) is 13.2 Å². The lowest BCUT2D eigenvalue weighted by atomic mass is 10.0. The van der Waals surface area contributed by atoms with E-state index < -0.39 is 0 Å². The molecule has 0 atom stereocenters. The Hall–Kier alpha value is -0.560. The van der Waals surface area contributed by atoms with Crippen LogP contribution in [-0.4, -0.2) is 13.2 Å². The minimum Gasteiger partial charge on any atom is -0.377 e. The summed E-state index contributed by atoms with van der Waals surface area (Å²) in [5.41, 5.74) is 0. The quantitative estimate of drug-likeness (QED) is 0.186. The average Bonchev–Trinajstić information content (AvgIpc) is 2.57. The van der Waals surface area contributed by atoms with Crippen molar-refractivity contribution in [1.82, 2.24) is 0 Å². The molecule has 0 aliphatic heterocycles. The molecule has 0 heterocycles. The topological polar surface area (TPSA) is 9.23 Å². The highest BCUT2D eigenvalue weighted by Crippen LogP contribution is 2.12. The Bertz CT molecular complexity index is 255. The fourth-order valence-corrected chi connectivity index (χ4v) is 2.80. The summed E-state index contributed by atoms with van der Waals surface area (Å²) in [5.74, 6) is 0. The second kappa shape index (κ2) is 21.4. The molecule has 0 saturated heterocycles. The molecule has 0 saturated carbocycles. The number of hydrogen-bond acceptors (Lipinski definition) is 1. The van der Waals surface area contributed by atoms with Gasteiger partial charge in [-0.2, -0.15) is 0 Å². The molecule has 136 valence electrons. The van der Waals surface area contributed by atoms with Gasteiger partial charge in [0.15, 0.2) is 0 Å². The van der Waals surface area contributed by atoms with Crippen LogP contribution in [0, 0.1) is 0 Å². The maximum absolute atomic E-state index is 5.57. The molecule has 0 amide bonds. The molecule has 0 bridgehead atoms. The van der Waals surface area contributed by atoms with Crippen molar-refractivity contribution >= 4 is 0 Å². The van der Waals surface area contributed by atoms with E-state index in [2.05, 4.69) is 13.0 Å². The highest BCUT2D eigenvalue weighted by Gasteiger charge is 1.94. The Kier molecular flexibility index (Phi) is 20.9. The van der Waals surface area contributed by atoms with Crippen LogP contribution >= 0.6 is 0 Å². The van der Waals surface area contributed by atoms with E-state index in [1.54, 1.807) is 0 Å². The molecule has 0 unspecified atom stereocenters. The molecule has 0 fully saturated rings. The second-order valence-corrected chi connectivity index (χ2v) is 6.63. The molecular weight excluding hydrogens is 280 g/mol. The largest absolute Gasteiger partial charge is 0.377 e. The van der Waals surface area contributed by atoms with Crippen LogP contribution in [0.4, 0.5) is 0 Å². The van der Waals surface area contributed by atoms with E-state index in [1.807, 2.05) is 25.2 Å². The highest BCUT2D eigenvalue weighted by molar-refractivity contribution is 5.00. The lowest BCUT2D eigenvalue weighted by Gasteiger charge is -2.03. The second-order valence-electron chi connectivity index (χ2n) is 6.63. The van der Waals surface area contributed by atoms with Gasteiger partial charge >= 0.3 is 0 Å². The first-order chi connectivity index (χ1) is 11.4. The van der Waals surface area contributed by atoms with Gasteiger partial charge in [0.1, 0.15) is 0 Å². The van der Waals surface area contributed by atoms with Crippen LogP contribution in [0.3, 0.4) is 0 Å². The van der Waals surface area contributed by atoms with Crippen molar-refractivity contribution in [3.05, 3.63) is 24.3 Å². The van der Waals surface area contributed by atoms with E-state index in [0.717, 1.165) is 13.2 Å². The summed E-state index contributed by atoms with van der Waals surface area (Å²) in [4.78, 5) is 0. The maximum Gasteiger partial charge on any atom is 0.0650 e. The molecule has 0 spiro atoms. The Morgan fingerprint density at radius 1 is 0.609 bits per heavy atom. The normalized spacial score (nSPS) is 11.9. The van der Waals surface area contributed by atoms with Crippen molar-refractivity contribution in [2.45, 2.75) is 104 Å². The molecule has 0 aliphatic rings. The van der Waals surface area contributed by atoms with Gasteiger partial charge in [0.25, 0.3) is 0 Å². The molecule has 1 heteroatoms. The van der Waals surface area contributed by atoms with E-state index in [4.69, 9.17) is 4.74 Å². The zero-order chi connectivity index (χ0) is 16.8. The van der Waals surface area contributed by atoms with Crippen LogP contribution in [0.1, 0.15) is 104 Å². The lowest BCUT2D eigenvalue weighted by Crippen LogP contribution is -1.94. The Labute approximate surface area is 146 Å². The number of allylic oxidation sites excluding steroid dienone is 3. The number of hydrogen-bond donors (Lipinski definition) is 0. The Morgan fingerprint density at radius 3 is 1.57 bits per heavy atom. The molecule has 0 radical (unpaired) electrons. The molecule has 23 heavy (non-hydrogen) atoms. The molecule has 0 N–H and O–H groups in total. The van der Waals surface area contributed by atoms with Crippen LogP contribution in [0.25, 0.3) is 0 Å². The third-order valence-corrected chi connectivity index (χ3v) is 4.30. The Morgan fingerprint density at radius 2 is 1.09 bits per heavy atom. The summed E-state index contributed by atoms with van der Waals surface area (Å²) in [6.07, 6.45) is 27.9. The summed E-state index contributed by atoms with van der Waals surface area (Å²) in [7, 11) is 0. The highest BCUT2D eigenvalue weighted by atomic mass is 16.5. The smallest absolute Gasteiger partial charge is 0.0650 e. The summed E-state index contributed by atoms with van der Waals surface area (Å²) >= 11 is 0. The zero-order valence-electron chi connectivity index (χ0n) is 16.0. The monoisotopic (exact) mass is 322 g/mol. The van der Waals surface area contributed by atoms with Crippen LogP contribution in [0.2, 0.25) is 0 Å². The Balaban J connectivity index is 3.00. The summed E-state index contributed by atoms with van der Waals surface area (Å²) < 4.78 is 5.57. The van der Waals surface area contributed by atoms with Gasteiger partial charge < -0.3 is 4.74 Å². The predicted octanol–water partition coefficient (Wildman–Crippen LogP) is 7.62. The molecular formula is C22H42O. The van der Waals surface area contributed by atoms with Gasteiger partial charge in [-0.05, 0) is 13.3 Å². The average molecular weight is 323 g/mol. The van der Waals surface area contributed by atoms with Crippen LogP contribution in [0.15, 0.2) is 24.3 Å². The van der Waals surface area contributed by atoms with Gasteiger partial charge in [0.05, 0.1) is 6.61 Å². The first kappa shape index (κ1) is 22.4. The first-order valence-electron chi connectivity index (χ1n) is 10.3. The molecule has 0 aromatic rings.